The molecule has 17 heavy (non-hydrogen) atoms. The van der Waals surface area contributed by atoms with E-state index in [9.17, 15) is 14.4 Å². The van der Waals surface area contributed by atoms with Crippen molar-refractivity contribution in [3.63, 3.8) is 0 Å². The van der Waals surface area contributed by atoms with Gasteiger partial charge in [0.25, 0.3) is 0 Å². The summed E-state index contributed by atoms with van der Waals surface area (Å²) < 4.78 is 9.48. The van der Waals surface area contributed by atoms with Crippen molar-refractivity contribution in [3.8, 4) is 0 Å². The van der Waals surface area contributed by atoms with Gasteiger partial charge in [0.2, 0.25) is 0 Å². The molecular weight excluding hydrogens is 224 g/mol. The van der Waals surface area contributed by atoms with E-state index in [0.29, 0.717) is 25.9 Å². The first-order chi connectivity index (χ1) is 8.06. The van der Waals surface area contributed by atoms with E-state index in [1.54, 1.807) is 6.92 Å². The van der Waals surface area contributed by atoms with Crippen LogP contribution in [0.3, 0.4) is 0 Å². The zero-order valence-corrected chi connectivity index (χ0v) is 10.3. The van der Waals surface area contributed by atoms with Crippen LogP contribution in [0.2, 0.25) is 0 Å². The Morgan fingerprint density at radius 1 is 1.41 bits per heavy atom. The molecule has 1 fully saturated rings. The largest absolute Gasteiger partial charge is 0.468 e. The number of methoxy groups -OCH3 is 1. The smallest absolute Gasteiger partial charge is 0.319 e. The Hall–Kier alpha value is -1.39. The number of carbonyl (C=O) groups excluding carboxylic acids is 3. The van der Waals surface area contributed by atoms with Crippen molar-refractivity contribution >= 4 is 17.7 Å². The minimum atomic E-state index is -1.11. The van der Waals surface area contributed by atoms with Crippen LogP contribution >= 0.6 is 0 Å². The number of hydrogen-bond donors (Lipinski definition) is 0. The highest BCUT2D eigenvalue weighted by molar-refractivity contribution is 6.05. The van der Waals surface area contributed by atoms with Crippen LogP contribution in [0.4, 0.5) is 0 Å². The average molecular weight is 242 g/mol. The third-order valence-electron chi connectivity index (χ3n) is 3.18. The van der Waals surface area contributed by atoms with Crippen LogP contribution in [0.1, 0.15) is 39.0 Å². The quantitative estimate of drug-likeness (QED) is 0.536. The first-order valence-electron chi connectivity index (χ1n) is 5.84. The predicted molar refractivity (Wildman–Crippen MR) is 59.2 cm³/mol. The molecule has 0 aliphatic heterocycles. The summed E-state index contributed by atoms with van der Waals surface area (Å²) in [6.07, 6.45) is 1.80. The Kier molecular flexibility index (Phi) is 4.66. The van der Waals surface area contributed by atoms with E-state index >= 15 is 0 Å². The zero-order chi connectivity index (χ0) is 12.9. The van der Waals surface area contributed by atoms with Gasteiger partial charge in [-0.05, 0) is 26.2 Å². The molecule has 1 aliphatic rings. The summed E-state index contributed by atoms with van der Waals surface area (Å²) >= 11 is 0. The maximum absolute atomic E-state index is 11.8. The minimum Gasteiger partial charge on any atom is -0.468 e. The fourth-order valence-corrected chi connectivity index (χ4v) is 2.26. The third kappa shape index (κ3) is 2.84. The SMILES string of the molecule is CCOC(=O)CC[C@@]1(C(=O)OC)CCCC1=O. The van der Waals surface area contributed by atoms with E-state index in [-0.39, 0.29) is 24.6 Å². The van der Waals surface area contributed by atoms with Crippen LogP contribution in [0.25, 0.3) is 0 Å². The van der Waals surface area contributed by atoms with Gasteiger partial charge in [0.15, 0.2) is 0 Å². The second-order valence-corrected chi connectivity index (χ2v) is 4.16. The van der Waals surface area contributed by atoms with Gasteiger partial charge in [-0.25, -0.2) is 0 Å². The Morgan fingerprint density at radius 3 is 2.59 bits per heavy atom. The lowest BCUT2D eigenvalue weighted by atomic mass is 9.80. The standard InChI is InChI=1S/C12H18O5/c1-3-17-10(14)6-8-12(11(15)16-2)7-4-5-9(12)13/h3-8H2,1-2H3/t12-/m0/s1. The van der Waals surface area contributed by atoms with Gasteiger partial charge in [0.1, 0.15) is 11.2 Å². The molecule has 0 aromatic heterocycles. The average Bonchev–Trinajstić information content (AvgIpc) is 2.68. The third-order valence-corrected chi connectivity index (χ3v) is 3.18. The molecule has 0 unspecified atom stereocenters. The maximum Gasteiger partial charge on any atom is 0.319 e. The van der Waals surface area contributed by atoms with Crippen LogP contribution in [0, 0.1) is 5.41 Å². The Bertz CT molecular complexity index is 323. The minimum absolute atomic E-state index is 0.0781. The normalized spacial score (nSPS) is 23.5. The molecule has 0 saturated heterocycles. The molecule has 0 aromatic rings. The van der Waals surface area contributed by atoms with E-state index in [4.69, 9.17) is 4.74 Å². The highest BCUT2D eigenvalue weighted by Gasteiger charge is 2.49. The number of hydrogen-bond acceptors (Lipinski definition) is 5. The maximum atomic E-state index is 11.8. The highest BCUT2D eigenvalue weighted by atomic mass is 16.5. The predicted octanol–water partition coefficient (Wildman–Crippen LogP) is 1.24. The van der Waals surface area contributed by atoms with Crippen molar-refractivity contribution in [2.45, 2.75) is 39.0 Å². The molecule has 96 valence electrons. The number of esters is 2. The van der Waals surface area contributed by atoms with Gasteiger partial charge < -0.3 is 9.47 Å². The van der Waals surface area contributed by atoms with Gasteiger partial charge in [-0.15, -0.1) is 0 Å². The molecule has 1 aliphatic carbocycles. The second kappa shape index (κ2) is 5.80. The van der Waals surface area contributed by atoms with Gasteiger partial charge in [-0.2, -0.15) is 0 Å². The second-order valence-electron chi connectivity index (χ2n) is 4.16. The molecule has 1 atom stereocenters. The first kappa shape index (κ1) is 13.7. The topological polar surface area (TPSA) is 69.7 Å². The fraction of sp³-hybridized carbons (Fsp3) is 0.750. The molecule has 0 spiro atoms. The van der Waals surface area contributed by atoms with Crippen molar-refractivity contribution in [2.75, 3.05) is 13.7 Å². The molecule has 5 nitrogen and oxygen atoms in total. The van der Waals surface area contributed by atoms with Gasteiger partial charge in [-0.3, -0.25) is 14.4 Å². The van der Waals surface area contributed by atoms with Crippen LogP contribution in [-0.2, 0) is 23.9 Å². The highest BCUT2D eigenvalue weighted by Crippen LogP contribution is 2.40. The fourth-order valence-electron chi connectivity index (χ4n) is 2.26. The summed E-state index contributed by atoms with van der Waals surface area (Å²) in [5, 5.41) is 0. The van der Waals surface area contributed by atoms with Gasteiger partial charge in [0.05, 0.1) is 13.7 Å². The van der Waals surface area contributed by atoms with Crippen LogP contribution in [0.5, 0.6) is 0 Å². The molecule has 0 radical (unpaired) electrons. The zero-order valence-electron chi connectivity index (χ0n) is 10.3. The molecule has 0 bridgehead atoms. The van der Waals surface area contributed by atoms with E-state index in [2.05, 4.69) is 4.74 Å². The Labute approximate surface area is 100 Å². The number of carbonyl (C=O) groups is 3. The molecular formula is C12H18O5. The van der Waals surface area contributed by atoms with E-state index in [0.717, 1.165) is 0 Å². The summed E-state index contributed by atoms with van der Waals surface area (Å²) in [6.45, 7) is 2.02. The van der Waals surface area contributed by atoms with Gasteiger partial charge >= 0.3 is 11.9 Å². The van der Waals surface area contributed by atoms with E-state index in [1.807, 2.05) is 0 Å². The molecule has 1 saturated carbocycles. The summed E-state index contributed by atoms with van der Waals surface area (Å²) in [5.74, 6) is -1.02. The van der Waals surface area contributed by atoms with Crippen molar-refractivity contribution < 1.29 is 23.9 Å². The molecule has 1 rings (SSSR count). The lowest BCUT2D eigenvalue weighted by molar-refractivity contribution is -0.157. The van der Waals surface area contributed by atoms with Gasteiger partial charge in [-0.1, -0.05) is 0 Å². The molecule has 0 N–H and O–H groups in total. The number of Topliss-reactive ketones (excluding diaryl/α,β-unsaturated/α-hetero) is 1. The molecule has 0 aromatic carbocycles. The van der Waals surface area contributed by atoms with Crippen molar-refractivity contribution in [1.29, 1.82) is 0 Å². The summed E-state index contributed by atoms with van der Waals surface area (Å²) in [6, 6.07) is 0. The lowest BCUT2D eigenvalue weighted by Gasteiger charge is -2.23. The Morgan fingerprint density at radius 2 is 2.12 bits per heavy atom. The summed E-state index contributed by atoms with van der Waals surface area (Å²) in [4.78, 5) is 34.8. The van der Waals surface area contributed by atoms with Crippen molar-refractivity contribution in [2.24, 2.45) is 5.41 Å². The van der Waals surface area contributed by atoms with Crippen molar-refractivity contribution in [1.82, 2.24) is 0 Å². The monoisotopic (exact) mass is 242 g/mol. The Balaban J connectivity index is 2.69. The van der Waals surface area contributed by atoms with Gasteiger partial charge in [0, 0.05) is 12.8 Å². The van der Waals surface area contributed by atoms with E-state index in [1.165, 1.54) is 7.11 Å². The van der Waals surface area contributed by atoms with Crippen LogP contribution < -0.4 is 0 Å². The molecule has 0 amide bonds. The molecule has 0 heterocycles. The summed E-state index contributed by atoms with van der Waals surface area (Å²) in [5.41, 5.74) is -1.11. The van der Waals surface area contributed by atoms with Crippen LogP contribution in [-0.4, -0.2) is 31.4 Å². The summed E-state index contributed by atoms with van der Waals surface area (Å²) in [7, 11) is 1.26. The number of rotatable bonds is 5. The first-order valence-corrected chi connectivity index (χ1v) is 5.84. The number of ether oxygens (including phenoxy) is 2. The number of ketones is 1. The lowest BCUT2D eigenvalue weighted by Crippen LogP contribution is -2.37. The molecule has 5 heteroatoms. The van der Waals surface area contributed by atoms with Crippen molar-refractivity contribution in [3.05, 3.63) is 0 Å². The van der Waals surface area contributed by atoms with Crippen LogP contribution in [0.15, 0.2) is 0 Å². The van der Waals surface area contributed by atoms with E-state index < -0.39 is 11.4 Å².